The number of amidine groups is 1. The van der Waals surface area contributed by atoms with E-state index in [9.17, 15) is 4.79 Å². The van der Waals surface area contributed by atoms with Gasteiger partial charge in [-0.25, -0.2) is 4.98 Å². The van der Waals surface area contributed by atoms with Crippen LogP contribution in [0.4, 0.5) is 5.69 Å². The van der Waals surface area contributed by atoms with E-state index < -0.39 is 0 Å². The lowest BCUT2D eigenvalue weighted by molar-refractivity contribution is 0.102. The number of nitrogens with zero attached hydrogens (tertiary/aromatic N) is 1. The standard InChI is InChI=1S/C20H16Cl2N4O3/c21-16-7-3-13(10-17(16)22)20(27)25-14-4-8-19(24-11-14)29-15-5-1-12(2-6-15)9-18(23)26-28/h1-8,10-11,28H,9H2,(H2,23,26)(H,25,27). The molecule has 0 aliphatic rings. The number of hydrogen-bond donors (Lipinski definition) is 4. The van der Waals surface area contributed by atoms with Crippen LogP contribution >= 0.6 is 23.2 Å². The summed E-state index contributed by atoms with van der Waals surface area (Å²) in [5, 5.41) is 19.5. The summed E-state index contributed by atoms with van der Waals surface area (Å²) < 4.78 is 5.66. The molecule has 2 aromatic carbocycles. The summed E-state index contributed by atoms with van der Waals surface area (Å²) in [6.07, 6.45) is 1.76. The molecule has 0 spiro atoms. The van der Waals surface area contributed by atoms with Gasteiger partial charge in [-0.3, -0.25) is 20.9 Å². The van der Waals surface area contributed by atoms with Gasteiger partial charge in [0.2, 0.25) is 5.88 Å². The number of aromatic nitrogens is 1. The van der Waals surface area contributed by atoms with Gasteiger partial charge in [-0.15, -0.1) is 0 Å². The molecule has 3 rings (SSSR count). The highest BCUT2D eigenvalue weighted by molar-refractivity contribution is 6.42. The van der Waals surface area contributed by atoms with E-state index in [0.717, 1.165) is 5.56 Å². The van der Waals surface area contributed by atoms with Crippen molar-refractivity contribution in [1.29, 1.82) is 5.41 Å². The molecule has 0 fully saturated rings. The minimum Gasteiger partial charge on any atom is -0.439 e. The molecule has 0 aliphatic carbocycles. The monoisotopic (exact) mass is 430 g/mol. The van der Waals surface area contributed by atoms with Gasteiger partial charge < -0.3 is 10.1 Å². The van der Waals surface area contributed by atoms with Gasteiger partial charge in [-0.1, -0.05) is 35.3 Å². The maximum atomic E-state index is 12.3. The van der Waals surface area contributed by atoms with Crippen LogP contribution in [0.2, 0.25) is 10.0 Å². The first-order chi connectivity index (χ1) is 13.9. The topological polar surface area (TPSA) is 107 Å². The molecule has 3 aromatic rings. The highest BCUT2D eigenvalue weighted by Crippen LogP contribution is 2.24. The van der Waals surface area contributed by atoms with Crippen molar-refractivity contribution in [3.05, 3.63) is 82.0 Å². The molecule has 1 aromatic heterocycles. The lowest BCUT2D eigenvalue weighted by Crippen LogP contribution is -2.19. The van der Waals surface area contributed by atoms with Gasteiger partial charge in [0.25, 0.3) is 5.91 Å². The molecule has 148 valence electrons. The molecule has 0 radical (unpaired) electrons. The summed E-state index contributed by atoms with van der Waals surface area (Å²) >= 11 is 11.8. The maximum absolute atomic E-state index is 12.3. The molecular formula is C20H16Cl2N4O3. The Labute approximate surface area is 176 Å². The third kappa shape index (κ3) is 5.68. The smallest absolute Gasteiger partial charge is 0.255 e. The van der Waals surface area contributed by atoms with E-state index in [1.54, 1.807) is 54.0 Å². The van der Waals surface area contributed by atoms with E-state index in [0.29, 0.717) is 32.9 Å². The summed E-state index contributed by atoms with van der Waals surface area (Å²) in [4.78, 5) is 16.5. The molecule has 7 nitrogen and oxygen atoms in total. The van der Waals surface area contributed by atoms with E-state index in [1.807, 2.05) is 0 Å². The van der Waals surface area contributed by atoms with Gasteiger partial charge in [-0.05, 0) is 42.0 Å². The number of anilines is 1. The van der Waals surface area contributed by atoms with Crippen LogP contribution in [0.15, 0.2) is 60.8 Å². The zero-order valence-electron chi connectivity index (χ0n) is 14.9. The van der Waals surface area contributed by atoms with Crippen molar-refractivity contribution in [3.8, 4) is 11.6 Å². The Hall–Kier alpha value is -3.13. The van der Waals surface area contributed by atoms with E-state index in [1.165, 1.54) is 12.3 Å². The molecule has 0 saturated heterocycles. The number of nitrogens with one attached hydrogen (secondary N) is 3. The van der Waals surface area contributed by atoms with Crippen molar-refractivity contribution < 1.29 is 14.7 Å². The molecule has 9 heteroatoms. The first-order valence-electron chi connectivity index (χ1n) is 8.41. The van der Waals surface area contributed by atoms with Crippen LogP contribution in [0.25, 0.3) is 0 Å². The van der Waals surface area contributed by atoms with Crippen LogP contribution in [0.5, 0.6) is 11.6 Å². The molecule has 0 atom stereocenters. The van der Waals surface area contributed by atoms with Crippen LogP contribution in [0.3, 0.4) is 0 Å². The zero-order valence-corrected chi connectivity index (χ0v) is 16.5. The van der Waals surface area contributed by atoms with E-state index in [2.05, 4.69) is 10.3 Å². The molecule has 4 N–H and O–H groups in total. The Kier molecular flexibility index (Phi) is 6.66. The summed E-state index contributed by atoms with van der Waals surface area (Å²) in [6.45, 7) is 0. The summed E-state index contributed by atoms with van der Waals surface area (Å²) in [5.74, 6) is 0.587. The number of ether oxygens (including phenoxy) is 1. The number of carbonyl (C=O) groups is 1. The highest BCUT2D eigenvalue weighted by atomic mass is 35.5. The summed E-state index contributed by atoms with van der Waals surface area (Å²) in [7, 11) is 0. The van der Waals surface area contributed by atoms with Crippen LogP contribution in [0, 0.1) is 5.41 Å². The number of carbonyl (C=O) groups excluding carboxylic acids is 1. The Morgan fingerprint density at radius 3 is 2.45 bits per heavy atom. The second-order valence-electron chi connectivity index (χ2n) is 5.98. The van der Waals surface area contributed by atoms with Gasteiger partial charge in [0.15, 0.2) is 0 Å². The zero-order chi connectivity index (χ0) is 20.8. The number of pyridine rings is 1. The number of halogens is 2. The van der Waals surface area contributed by atoms with Crippen molar-refractivity contribution in [1.82, 2.24) is 10.5 Å². The van der Waals surface area contributed by atoms with Crippen molar-refractivity contribution in [2.24, 2.45) is 0 Å². The molecule has 0 saturated carbocycles. The fourth-order valence-corrected chi connectivity index (χ4v) is 2.69. The number of amides is 1. The molecular weight excluding hydrogens is 415 g/mol. The van der Waals surface area contributed by atoms with E-state index in [4.69, 9.17) is 38.6 Å². The normalized spacial score (nSPS) is 10.3. The van der Waals surface area contributed by atoms with Crippen LogP contribution in [-0.2, 0) is 6.42 Å². The fourth-order valence-electron chi connectivity index (χ4n) is 2.39. The quantitative estimate of drug-likeness (QED) is 0.252. The third-order valence-corrected chi connectivity index (χ3v) is 4.58. The van der Waals surface area contributed by atoms with Gasteiger partial charge in [0, 0.05) is 18.1 Å². The third-order valence-electron chi connectivity index (χ3n) is 3.84. The minimum absolute atomic E-state index is 0.00107. The van der Waals surface area contributed by atoms with Crippen LogP contribution < -0.4 is 15.5 Å². The first kappa shape index (κ1) is 20.6. The summed E-state index contributed by atoms with van der Waals surface area (Å²) in [5.41, 5.74) is 3.52. The molecule has 1 heterocycles. The molecule has 29 heavy (non-hydrogen) atoms. The van der Waals surface area contributed by atoms with E-state index in [-0.39, 0.29) is 18.2 Å². The number of hydrogen-bond acceptors (Lipinski definition) is 5. The van der Waals surface area contributed by atoms with Crippen molar-refractivity contribution in [2.75, 3.05) is 5.32 Å². The minimum atomic E-state index is -0.336. The maximum Gasteiger partial charge on any atom is 0.255 e. The average molecular weight is 431 g/mol. The second-order valence-corrected chi connectivity index (χ2v) is 6.80. The van der Waals surface area contributed by atoms with Gasteiger partial charge in [-0.2, -0.15) is 0 Å². The number of benzene rings is 2. The largest absolute Gasteiger partial charge is 0.439 e. The van der Waals surface area contributed by atoms with Crippen LogP contribution in [0.1, 0.15) is 15.9 Å². The van der Waals surface area contributed by atoms with Crippen molar-refractivity contribution >= 4 is 40.6 Å². The average Bonchev–Trinajstić information content (AvgIpc) is 2.72. The lowest BCUT2D eigenvalue weighted by Gasteiger charge is -2.08. The Balaban J connectivity index is 1.60. The highest BCUT2D eigenvalue weighted by Gasteiger charge is 2.09. The number of rotatable bonds is 6. The van der Waals surface area contributed by atoms with E-state index >= 15 is 0 Å². The summed E-state index contributed by atoms with van der Waals surface area (Å²) in [6, 6.07) is 15.0. The Morgan fingerprint density at radius 2 is 1.83 bits per heavy atom. The Morgan fingerprint density at radius 1 is 1.07 bits per heavy atom. The second kappa shape index (κ2) is 9.38. The van der Waals surface area contributed by atoms with Gasteiger partial charge in [0.05, 0.1) is 21.9 Å². The number of hydroxylamine groups is 1. The first-order valence-corrected chi connectivity index (χ1v) is 9.17. The molecule has 0 unspecified atom stereocenters. The Bertz CT molecular complexity index is 1020. The van der Waals surface area contributed by atoms with Gasteiger partial charge >= 0.3 is 0 Å². The predicted octanol–water partition coefficient (Wildman–Crippen LogP) is 4.93. The SMILES string of the molecule is N=C(Cc1ccc(Oc2ccc(NC(=O)c3ccc(Cl)c(Cl)c3)cn2)cc1)NO. The molecule has 0 aliphatic heterocycles. The van der Waals surface area contributed by atoms with Crippen molar-refractivity contribution in [3.63, 3.8) is 0 Å². The van der Waals surface area contributed by atoms with Gasteiger partial charge in [0.1, 0.15) is 11.6 Å². The fraction of sp³-hybridized carbons (Fsp3) is 0.0500. The molecule has 0 bridgehead atoms. The lowest BCUT2D eigenvalue weighted by atomic mass is 10.1. The van der Waals surface area contributed by atoms with Crippen molar-refractivity contribution in [2.45, 2.75) is 6.42 Å². The predicted molar refractivity (Wildman–Crippen MR) is 112 cm³/mol. The molecule has 1 amide bonds. The van der Waals surface area contributed by atoms with Crippen LogP contribution in [-0.4, -0.2) is 21.9 Å².